The van der Waals surface area contributed by atoms with E-state index < -0.39 is 6.04 Å². The fourth-order valence-electron chi connectivity index (χ4n) is 4.83. The molecule has 1 aliphatic rings. The molecule has 0 saturated heterocycles. The normalized spacial score (nSPS) is 14.7. The lowest BCUT2D eigenvalue weighted by atomic mass is 9.93. The lowest BCUT2D eigenvalue weighted by Crippen LogP contribution is -2.31. The minimum Gasteiger partial charge on any atom is -0.507 e. The Balaban J connectivity index is 1.87. The van der Waals surface area contributed by atoms with Crippen LogP contribution in [0, 0.1) is 13.8 Å². The van der Waals surface area contributed by atoms with Crippen molar-refractivity contribution >= 4 is 5.91 Å². The molecule has 1 atom stereocenters. The van der Waals surface area contributed by atoms with Gasteiger partial charge in [0, 0.05) is 31.4 Å². The average molecular weight is 492 g/mol. The summed E-state index contributed by atoms with van der Waals surface area (Å²) in [6.45, 7) is 11.3. The first kappa shape index (κ1) is 25.3. The van der Waals surface area contributed by atoms with Crippen LogP contribution in [0.3, 0.4) is 0 Å². The minimum absolute atomic E-state index is 0.133. The third kappa shape index (κ3) is 4.68. The smallest absolute Gasteiger partial charge is 0.273 e. The lowest BCUT2D eigenvalue weighted by Gasteiger charge is -2.27. The molecule has 1 unspecified atom stereocenters. The number of H-pyrrole nitrogens is 1. The van der Waals surface area contributed by atoms with E-state index in [0.717, 1.165) is 22.3 Å². The highest BCUT2D eigenvalue weighted by Crippen LogP contribution is 2.46. The number of nitrogens with one attached hydrogen (secondary N) is 1. The predicted octanol–water partition coefficient (Wildman–Crippen LogP) is 4.94. The van der Waals surface area contributed by atoms with Gasteiger partial charge in [-0.05, 0) is 62.1 Å². The van der Waals surface area contributed by atoms with Crippen molar-refractivity contribution in [1.29, 1.82) is 0 Å². The molecule has 3 aromatic rings. The molecule has 0 radical (unpaired) electrons. The van der Waals surface area contributed by atoms with Gasteiger partial charge in [-0.15, -0.1) is 0 Å². The van der Waals surface area contributed by atoms with Gasteiger partial charge in [0.2, 0.25) is 0 Å². The minimum atomic E-state index is -0.425. The van der Waals surface area contributed by atoms with Crippen molar-refractivity contribution in [2.75, 3.05) is 33.5 Å². The predicted molar refractivity (Wildman–Crippen MR) is 138 cm³/mol. The largest absolute Gasteiger partial charge is 0.507 e. The summed E-state index contributed by atoms with van der Waals surface area (Å²) in [5.41, 5.74) is 5.04. The summed E-state index contributed by atoms with van der Waals surface area (Å²) in [4.78, 5) is 15.4. The number of carbonyl (C=O) groups is 1. The first-order valence-electron chi connectivity index (χ1n) is 12.1. The quantitative estimate of drug-likeness (QED) is 0.291. The molecule has 0 saturated carbocycles. The van der Waals surface area contributed by atoms with Gasteiger partial charge in [0.1, 0.15) is 23.7 Å². The second kappa shape index (κ2) is 10.9. The molecule has 1 aromatic heterocycles. The third-order valence-corrected chi connectivity index (χ3v) is 6.25. The highest BCUT2D eigenvalue weighted by molar-refractivity contribution is 6.00. The molecule has 0 bridgehead atoms. The second-order valence-corrected chi connectivity index (χ2v) is 8.82. The summed E-state index contributed by atoms with van der Waals surface area (Å²) in [5, 5.41) is 18.3. The van der Waals surface area contributed by atoms with Crippen molar-refractivity contribution < 1.29 is 24.1 Å². The van der Waals surface area contributed by atoms with Crippen LogP contribution < -0.4 is 9.47 Å². The SMILES string of the molecule is C=CCOc1ccc(C2c3c(-c4c(C)cc(C)cc4O)n[nH]c3C(=O)N2CCCOC)cc1OCC. The molecule has 190 valence electrons. The van der Waals surface area contributed by atoms with Crippen LogP contribution in [-0.4, -0.2) is 59.6 Å². The number of phenolic OH excluding ortho intramolecular Hbond substituents is 1. The maximum absolute atomic E-state index is 13.5. The Labute approximate surface area is 211 Å². The second-order valence-electron chi connectivity index (χ2n) is 8.82. The molecule has 0 aliphatic carbocycles. The number of methoxy groups -OCH3 is 1. The van der Waals surface area contributed by atoms with Gasteiger partial charge in [-0.25, -0.2) is 0 Å². The van der Waals surface area contributed by atoms with Crippen molar-refractivity contribution in [3.63, 3.8) is 0 Å². The standard InChI is InChI=1S/C28H33N3O5/c1-6-12-36-21-10-9-19(16-22(21)35-7-2)27-24-25(23-18(4)14-17(3)15-20(23)32)29-30-26(24)28(33)31(27)11-8-13-34-5/h6,9-10,14-16,27,32H,1,7-8,11-13H2,2-5H3,(H,29,30). The number of hydrogen-bond donors (Lipinski definition) is 2. The van der Waals surface area contributed by atoms with Crippen LogP contribution in [0.4, 0.5) is 0 Å². The Hall–Kier alpha value is -3.78. The number of nitrogens with zero attached hydrogens (tertiary/aromatic N) is 2. The summed E-state index contributed by atoms with van der Waals surface area (Å²) in [6.07, 6.45) is 2.36. The first-order valence-corrected chi connectivity index (χ1v) is 12.1. The molecule has 8 heteroatoms. The van der Waals surface area contributed by atoms with Crippen molar-refractivity contribution in [1.82, 2.24) is 15.1 Å². The van der Waals surface area contributed by atoms with E-state index in [2.05, 4.69) is 16.8 Å². The molecule has 2 N–H and O–H groups in total. The van der Waals surface area contributed by atoms with Gasteiger partial charge in [0.15, 0.2) is 11.5 Å². The Morgan fingerprint density at radius 1 is 1.19 bits per heavy atom. The van der Waals surface area contributed by atoms with E-state index in [9.17, 15) is 9.90 Å². The van der Waals surface area contributed by atoms with E-state index in [1.165, 1.54) is 0 Å². The number of fused-ring (bicyclic) bond motifs is 1. The van der Waals surface area contributed by atoms with Crippen LogP contribution in [-0.2, 0) is 4.74 Å². The van der Waals surface area contributed by atoms with Gasteiger partial charge in [-0.3, -0.25) is 9.89 Å². The number of hydrogen-bond acceptors (Lipinski definition) is 6. The van der Waals surface area contributed by atoms with Crippen LogP contribution in [0.1, 0.15) is 52.1 Å². The first-order chi connectivity index (χ1) is 17.4. The number of aromatic nitrogens is 2. The summed E-state index contributed by atoms with van der Waals surface area (Å²) in [6, 6.07) is 8.99. The summed E-state index contributed by atoms with van der Waals surface area (Å²) in [7, 11) is 1.65. The third-order valence-electron chi connectivity index (χ3n) is 6.25. The van der Waals surface area contributed by atoms with Gasteiger partial charge in [0.05, 0.1) is 12.6 Å². The Morgan fingerprint density at radius 2 is 2.00 bits per heavy atom. The van der Waals surface area contributed by atoms with Gasteiger partial charge < -0.3 is 24.2 Å². The van der Waals surface area contributed by atoms with Crippen molar-refractivity contribution in [2.24, 2.45) is 0 Å². The molecule has 8 nitrogen and oxygen atoms in total. The number of benzene rings is 2. The summed E-state index contributed by atoms with van der Waals surface area (Å²) < 4.78 is 16.9. The van der Waals surface area contributed by atoms with Crippen molar-refractivity contribution in [2.45, 2.75) is 33.2 Å². The highest BCUT2D eigenvalue weighted by atomic mass is 16.5. The fraction of sp³-hybridized carbons (Fsp3) is 0.357. The number of aromatic amines is 1. The molecule has 1 aliphatic heterocycles. The maximum atomic E-state index is 13.5. The molecular weight excluding hydrogens is 458 g/mol. The zero-order valence-corrected chi connectivity index (χ0v) is 21.3. The summed E-state index contributed by atoms with van der Waals surface area (Å²) in [5.74, 6) is 1.19. The van der Waals surface area contributed by atoms with Crippen LogP contribution in [0.25, 0.3) is 11.3 Å². The Kier molecular flexibility index (Phi) is 7.64. The molecular formula is C28H33N3O5. The van der Waals surface area contributed by atoms with Crippen LogP contribution >= 0.6 is 0 Å². The maximum Gasteiger partial charge on any atom is 0.273 e. The van der Waals surface area contributed by atoms with Crippen molar-refractivity contribution in [3.05, 3.63) is 70.9 Å². The summed E-state index contributed by atoms with van der Waals surface area (Å²) >= 11 is 0. The van der Waals surface area contributed by atoms with E-state index in [4.69, 9.17) is 14.2 Å². The number of amides is 1. The van der Waals surface area contributed by atoms with Gasteiger partial charge >= 0.3 is 0 Å². The molecule has 0 fully saturated rings. The number of aromatic hydroxyl groups is 1. The van der Waals surface area contributed by atoms with E-state index in [0.29, 0.717) is 61.2 Å². The number of phenols is 1. The van der Waals surface area contributed by atoms with Crippen LogP contribution in [0.5, 0.6) is 17.2 Å². The molecule has 0 spiro atoms. The average Bonchev–Trinajstić information content (AvgIpc) is 3.37. The number of ether oxygens (including phenoxy) is 3. The Morgan fingerprint density at radius 3 is 2.69 bits per heavy atom. The number of aryl methyl sites for hydroxylation is 2. The van der Waals surface area contributed by atoms with E-state index in [-0.39, 0.29) is 11.7 Å². The van der Waals surface area contributed by atoms with Crippen LogP contribution in [0.15, 0.2) is 43.0 Å². The van der Waals surface area contributed by atoms with Gasteiger partial charge in [-0.2, -0.15) is 5.10 Å². The van der Waals surface area contributed by atoms with Gasteiger partial charge in [-0.1, -0.05) is 24.8 Å². The lowest BCUT2D eigenvalue weighted by molar-refractivity contribution is 0.0723. The Bertz CT molecular complexity index is 1240. The zero-order chi connectivity index (χ0) is 25.8. The highest BCUT2D eigenvalue weighted by Gasteiger charge is 2.42. The van der Waals surface area contributed by atoms with Crippen LogP contribution in [0.2, 0.25) is 0 Å². The zero-order valence-electron chi connectivity index (χ0n) is 21.3. The van der Waals surface area contributed by atoms with E-state index in [1.807, 2.05) is 49.9 Å². The van der Waals surface area contributed by atoms with Gasteiger partial charge in [0.25, 0.3) is 5.91 Å². The van der Waals surface area contributed by atoms with Crippen molar-refractivity contribution in [3.8, 4) is 28.5 Å². The number of carbonyl (C=O) groups excluding carboxylic acids is 1. The monoisotopic (exact) mass is 491 g/mol. The molecule has 4 rings (SSSR count). The molecule has 2 heterocycles. The van der Waals surface area contributed by atoms with E-state index in [1.54, 1.807) is 19.3 Å². The fourth-order valence-corrected chi connectivity index (χ4v) is 4.83. The molecule has 2 aromatic carbocycles. The topological polar surface area (TPSA) is 96.9 Å². The number of rotatable bonds is 11. The molecule has 1 amide bonds. The van der Waals surface area contributed by atoms with E-state index >= 15 is 0 Å². The molecule has 36 heavy (non-hydrogen) atoms.